The molecule has 0 bridgehead atoms. The van der Waals surface area contributed by atoms with Gasteiger partial charge in [0.25, 0.3) is 0 Å². The van der Waals surface area contributed by atoms with Crippen molar-refractivity contribution in [2.75, 3.05) is 39.3 Å². The van der Waals surface area contributed by atoms with E-state index in [4.69, 9.17) is 10.2 Å². The van der Waals surface area contributed by atoms with Gasteiger partial charge in [0.1, 0.15) is 5.82 Å². The Morgan fingerprint density at radius 2 is 1.76 bits per heavy atom. The molecular weight excluding hydrogens is 367 g/mol. The van der Waals surface area contributed by atoms with E-state index in [1.807, 2.05) is 22.9 Å². The molecule has 5 nitrogen and oxygen atoms in total. The Morgan fingerprint density at radius 1 is 1.00 bits per heavy atom. The molecule has 0 radical (unpaired) electrons. The van der Waals surface area contributed by atoms with Crippen molar-refractivity contribution >= 4 is 0 Å². The second-order valence-electron chi connectivity index (χ2n) is 7.64. The summed E-state index contributed by atoms with van der Waals surface area (Å²) >= 11 is 0. The van der Waals surface area contributed by atoms with Crippen molar-refractivity contribution in [3.63, 3.8) is 0 Å². The van der Waals surface area contributed by atoms with Gasteiger partial charge in [-0.1, -0.05) is 24.3 Å². The first-order valence-electron chi connectivity index (χ1n) is 10.1. The third-order valence-electron chi connectivity index (χ3n) is 5.43. The molecule has 1 aliphatic rings. The zero-order valence-electron chi connectivity index (χ0n) is 16.8. The zero-order chi connectivity index (χ0) is 20.2. The van der Waals surface area contributed by atoms with Crippen molar-refractivity contribution in [2.45, 2.75) is 13.5 Å². The summed E-state index contributed by atoms with van der Waals surface area (Å²) in [7, 11) is 0. The lowest BCUT2D eigenvalue weighted by atomic mass is 10.1. The summed E-state index contributed by atoms with van der Waals surface area (Å²) in [6.07, 6.45) is 2.06. The average Bonchev–Trinajstić information content (AvgIpc) is 3.14. The van der Waals surface area contributed by atoms with Crippen molar-refractivity contribution in [2.24, 2.45) is 0 Å². The van der Waals surface area contributed by atoms with E-state index in [-0.39, 0.29) is 12.4 Å². The third-order valence-corrected chi connectivity index (χ3v) is 5.43. The molecule has 0 aliphatic carbocycles. The van der Waals surface area contributed by atoms with Crippen LogP contribution in [0.1, 0.15) is 11.1 Å². The Labute approximate surface area is 171 Å². The molecule has 1 aliphatic heterocycles. The van der Waals surface area contributed by atoms with Gasteiger partial charge in [-0.15, -0.1) is 0 Å². The van der Waals surface area contributed by atoms with Crippen LogP contribution in [0.15, 0.2) is 54.7 Å². The van der Waals surface area contributed by atoms with E-state index < -0.39 is 0 Å². The molecule has 6 heteroatoms. The third kappa shape index (κ3) is 4.72. The highest BCUT2D eigenvalue weighted by atomic mass is 19.1. The molecule has 1 N–H and O–H groups in total. The van der Waals surface area contributed by atoms with Gasteiger partial charge in [-0.2, -0.15) is 5.10 Å². The van der Waals surface area contributed by atoms with Gasteiger partial charge < -0.3 is 5.11 Å². The summed E-state index contributed by atoms with van der Waals surface area (Å²) in [6, 6.07) is 14.9. The Bertz CT molecular complexity index is 963. The van der Waals surface area contributed by atoms with Crippen molar-refractivity contribution in [1.29, 1.82) is 0 Å². The van der Waals surface area contributed by atoms with Crippen molar-refractivity contribution in [3.8, 4) is 16.9 Å². The monoisotopic (exact) mass is 394 g/mol. The summed E-state index contributed by atoms with van der Waals surface area (Å²) < 4.78 is 15.8. The number of aryl methyl sites for hydroxylation is 1. The quantitative estimate of drug-likeness (QED) is 0.698. The molecule has 152 valence electrons. The maximum absolute atomic E-state index is 13.9. The molecule has 2 heterocycles. The minimum atomic E-state index is -0.254. The smallest absolute Gasteiger partial charge is 0.123 e. The molecule has 0 unspecified atom stereocenters. The number of hydrogen-bond donors (Lipinski definition) is 1. The van der Waals surface area contributed by atoms with Crippen LogP contribution in [0.4, 0.5) is 4.39 Å². The fourth-order valence-electron chi connectivity index (χ4n) is 3.86. The number of benzene rings is 2. The fourth-order valence-corrected chi connectivity index (χ4v) is 3.86. The van der Waals surface area contributed by atoms with Gasteiger partial charge >= 0.3 is 0 Å². The molecule has 0 atom stereocenters. The Morgan fingerprint density at radius 3 is 2.48 bits per heavy atom. The highest BCUT2D eigenvalue weighted by molar-refractivity contribution is 5.63. The largest absolute Gasteiger partial charge is 0.395 e. The standard InChI is InChI=1S/C23H27FN4O/c1-18-4-2-7-22(14-18)28-17-20(16-27-10-8-26(9-11-27)12-13-29)23(25-28)19-5-3-6-21(24)15-19/h2-7,14-15,17,29H,8-13,16H2,1H3. The Balaban J connectivity index is 1.63. The fraction of sp³-hybridized carbons (Fsp3) is 0.348. The summed E-state index contributed by atoms with van der Waals surface area (Å²) in [5, 5.41) is 14.0. The Hall–Kier alpha value is -2.54. The highest BCUT2D eigenvalue weighted by Crippen LogP contribution is 2.26. The van der Waals surface area contributed by atoms with Gasteiger partial charge in [0.2, 0.25) is 0 Å². The van der Waals surface area contributed by atoms with Gasteiger partial charge in [0, 0.05) is 56.6 Å². The molecule has 0 amide bonds. The maximum Gasteiger partial charge on any atom is 0.123 e. The summed E-state index contributed by atoms with van der Waals surface area (Å²) in [4.78, 5) is 4.68. The first-order valence-corrected chi connectivity index (χ1v) is 10.1. The number of piperazine rings is 1. The maximum atomic E-state index is 13.9. The normalized spacial score (nSPS) is 15.7. The molecule has 1 fully saturated rings. The summed E-state index contributed by atoms with van der Waals surface area (Å²) in [5.74, 6) is -0.254. The number of hydrogen-bond acceptors (Lipinski definition) is 4. The summed E-state index contributed by atoms with van der Waals surface area (Å²) in [6.45, 7) is 7.54. The van der Waals surface area contributed by atoms with Gasteiger partial charge in [-0.25, -0.2) is 9.07 Å². The number of halogens is 1. The lowest BCUT2D eigenvalue weighted by Gasteiger charge is -2.34. The zero-order valence-corrected chi connectivity index (χ0v) is 16.8. The van der Waals surface area contributed by atoms with Crippen LogP contribution in [0.5, 0.6) is 0 Å². The summed E-state index contributed by atoms with van der Waals surface area (Å²) in [5.41, 5.74) is 4.88. The molecule has 1 saturated heterocycles. The van der Waals surface area contributed by atoms with Crippen LogP contribution in [0, 0.1) is 12.7 Å². The predicted molar refractivity (Wildman–Crippen MR) is 112 cm³/mol. The van der Waals surface area contributed by atoms with Crippen LogP contribution in [0.2, 0.25) is 0 Å². The first-order chi connectivity index (χ1) is 14.1. The number of aliphatic hydroxyl groups is 1. The highest BCUT2D eigenvalue weighted by Gasteiger charge is 2.20. The topological polar surface area (TPSA) is 44.5 Å². The molecule has 29 heavy (non-hydrogen) atoms. The van der Waals surface area contributed by atoms with Crippen molar-refractivity contribution in [1.82, 2.24) is 19.6 Å². The minimum absolute atomic E-state index is 0.201. The number of rotatable bonds is 6. The molecule has 0 saturated carbocycles. The van der Waals surface area contributed by atoms with Gasteiger partial charge in [0.15, 0.2) is 0 Å². The van der Waals surface area contributed by atoms with Gasteiger partial charge in [-0.05, 0) is 36.8 Å². The molecule has 1 aromatic heterocycles. The minimum Gasteiger partial charge on any atom is -0.395 e. The van der Waals surface area contributed by atoms with Crippen LogP contribution in [0.3, 0.4) is 0 Å². The lowest BCUT2D eigenvalue weighted by Crippen LogP contribution is -2.46. The number of aliphatic hydroxyl groups excluding tert-OH is 1. The van der Waals surface area contributed by atoms with Crippen LogP contribution < -0.4 is 0 Å². The number of aromatic nitrogens is 2. The van der Waals surface area contributed by atoms with Crippen molar-refractivity contribution in [3.05, 3.63) is 71.7 Å². The molecule has 4 rings (SSSR count). The van der Waals surface area contributed by atoms with Crippen LogP contribution in [-0.4, -0.2) is 64.0 Å². The molecule has 3 aromatic rings. The second-order valence-corrected chi connectivity index (χ2v) is 7.64. The molecule has 0 spiro atoms. The number of β-amino-alcohol motifs (C(OH)–C–C–N with tert-alkyl or cyclic N) is 1. The van der Waals surface area contributed by atoms with E-state index in [0.29, 0.717) is 0 Å². The Kier molecular flexibility index (Phi) is 6.04. The van der Waals surface area contributed by atoms with E-state index in [2.05, 4.69) is 35.1 Å². The van der Waals surface area contributed by atoms with E-state index in [9.17, 15) is 4.39 Å². The lowest BCUT2D eigenvalue weighted by molar-refractivity contribution is 0.108. The molecular formula is C23H27FN4O. The second kappa shape index (κ2) is 8.86. The first kappa shape index (κ1) is 19.8. The molecule has 2 aromatic carbocycles. The SMILES string of the molecule is Cc1cccc(-n2cc(CN3CCN(CCO)CC3)c(-c3cccc(F)c3)n2)c1. The van der Waals surface area contributed by atoms with E-state index in [0.717, 1.165) is 61.8 Å². The van der Waals surface area contributed by atoms with Crippen LogP contribution in [-0.2, 0) is 6.54 Å². The van der Waals surface area contributed by atoms with E-state index in [1.54, 1.807) is 12.1 Å². The van der Waals surface area contributed by atoms with Gasteiger partial charge in [-0.3, -0.25) is 9.80 Å². The van der Waals surface area contributed by atoms with Crippen molar-refractivity contribution < 1.29 is 9.50 Å². The van der Waals surface area contributed by atoms with Crippen LogP contribution in [0.25, 0.3) is 16.9 Å². The average molecular weight is 394 g/mol. The number of nitrogens with zero attached hydrogens (tertiary/aromatic N) is 4. The van der Waals surface area contributed by atoms with Crippen LogP contribution >= 0.6 is 0 Å². The van der Waals surface area contributed by atoms with E-state index in [1.165, 1.54) is 11.6 Å². The van der Waals surface area contributed by atoms with Gasteiger partial charge in [0.05, 0.1) is 18.0 Å². The van der Waals surface area contributed by atoms with E-state index >= 15 is 0 Å². The predicted octanol–water partition coefficient (Wildman–Crippen LogP) is 3.10.